The highest BCUT2D eigenvalue weighted by molar-refractivity contribution is 4.78. The molecule has 3 nitrogen and oxygen atoms in total. The smallest absolute Gasteiger partial charge is 0.0623 e. The lowest BCUT2D eigenvalue weighted by Crippen LogP contribution is -2.39. The molecule has 15 heavy (non-hydrogen) atoms. The molecule has 1 unspecified atom stereocenters. The number of hydrogen-bond donors (Lipinski definition) is 2. The maximum absolute atomic E-state index is 5.58. The molecule has 0 radical (unpaired) electrons. The first-order valence-electron chi connectivity index (χ1n) is 6.08. The maximum atomic E-state index is 5.58. The molecule has 3 heteroatoms. The van der Waals surface area contributed by atoms with Gasteiger partial charge >= 0.3 is 0 Å². The molecule has 1 aliphatic rings. The van der Waals surface area contributed by atoms with Crippen LogP contribution in [-0.2, 0) is 4.74 Å². The number of rotatable bonds is 7. The molecule has 3 N–H and O–H groups in total. The van der Waals surface area contributed by atoms with E-state index in [4.69, 9.17) is 10.6 Å². The van der Waals surface area contributed by atoms with Crippen LogP contribution in [0.1, 0.15) is 52.4 Å². The topological polar surface area (TPSA) is 47.3 Å². The molecular formula is C12H26N2O. The summed E-state index contributed by atoms with van der Waals surface area (Å²) < 4.78 is 5.41. The third-order valence-corrected chi connectivity index (χ3v) is 3.73. The molecule has 90 valence electrons. The minimum Gasteiger partial charge on any atom is -0.379 e. The van der Waals surface area contributed by atoms with Crippen molar-refractivity contribution in [3.8, 4) is 0 Å². The van der Waals surface area contributed by atoms with Crippen LogP contribution in [0, 0.1) is 5.92 Å². The van der Waals surface area contributed by atoms with Crippen LogP contribution in [0.5, 0.6) is 0 Å². The number of hydrogen-bond acceptors (Lipinski definition) is 3. The van der Waals surface area contributed by atoms with Crippen molar-refractivity contribution in [2.75, 3.05) is 7.11 Å². The van der Waals surface area contributed by atoms with Gasteiger partial charge in [-0.15, -0.1) is 0 Å². The van der Waals surface area contributed by atoms with Gasteiger partial charge in [-0.3, -0.25) is 11.3 Å². The van der Waals surface area contributed by atoms with E-state index in [1.54, 1.807) is 7.11 Å². The molecule has 0 bridgehead atoms. The predicted octanol–water partition coefficient (Wildman–Crippen LogP) is 2.21. The summed E-state index contributed by atoms with van der Waals surface area (Å²) in [5, 5.41) is 0. The molecule has 0 aromatic heterocycles. The molecule has 1 saturated carbocycles. The van der Waals surface area contributed by atoms with Gasteiger partial charge in [-0.2, -0.15) is 0 Å². The minimum atomic E-state index is -0.0191. The Morgan fingerprint density at radius 3 is 2.53 bits per heavy atom. The lowest BCUT2D eigenvalue weighted by atomic mass is 9.80. The molecule has 0 aliphatic heterocycles. The Balaban J connectivity index is 2.20. The van der Waals surface area contributed by atoms with E-state index < -0.39 is 0 Å². The van der Waals surface area contributed by atoms with Gasteiger partial charge in [0.05, 0.1) is 5.60 Å². The van der Waals surface area contributed by atoms with Crippen molar-refractivity contribution in [2.24, 2.45) is 11.8 Å². The van der Waals surface area contributed by atoms with Gasteiger partial charge in [0.1, 0.15) is 0 Å². The summed E-state index contributed by atoms with van der Waals surface area (Å²) in [6, 6.07) is 0.463. The second kappa shape index (κ2) is 5.83. The van der Waals surface area contributed by atoms with Crippen LogP contribution in [0.15, 0.2) is 0 Å². The molecule has 1 rings (SSSR count). The van der Waals surface area contributed by atoms with Gasteiger partial charge in [0, 0.05) is 13.2 Å². The van der Waals surface area contributed by atoms with Gasteiger partial charge < -0.3 is 4.74 Å². The standard InChI is InChI=1S/C12H26N2O/c1-12(2,15-3)8-7-11(14-13)9-10-5-4-6-10/h10-11,14H,4-9,13H2,1-3H3. The highest BCUT2D eigenvalue weighted by atomic mass is 16.5. The summed E-state index contributed by atoms with van der Waals surface area (Å²) in [7, 11) is 1.77. The van der Waals surface area contributed by atoms with Gasteiger partial charge in [-0.25, -0.2) is 0 Å². The Bertz CT molecular complexity index is 178. The van der Waals surface area contributed by atoms with Crippen LogP contribution >= 0.6 is 0 Å². The highest BCUT2D eigenvalue weighted by Gasteiger charge is 2.24. The minimum absolute atomic E-state index is 0.0191. The Morgan fingerprint density at radius 2 is 2.13 bits per heavy atom. The second-order valence-corrected chi connectivity index (χ2v) is 5.40. The number of nitrogens with one attached hydrogen (secondary N) is 1. The van der Waals surface area contributed by atoms with Crippen LogP contribution < -0.4 is 11.3 Å². The lowest BCUT2D eigenvalue weighted by Gasteiger charge is -2.31. The normalized spacial score (nSPS) is 20.0. The second-order valence-electron chi connectivity index (χ2n) is 5.40. The van der Waals surface area contributed by atoms with Gasteiger partial charge in [-0.05, 0) is 39.0 Å². The number of methoxy groups -OCH3 is 1. The Morgan fingerprint density at radius 1 is 1.47 bits per heavy atom. The average molecular weight is 214 g/mol. The Hall–Kier alpha value is -0.120. The van der Waals surface area contributed by atoms with Crippen LogP contribution in [0.4, 0.5) is 0 Å². The van der Waals surface area contributed by atoms with Gasteiger partial charge in [0.2, 0.25) is 0 Å². The van der Waals surface area contributed by atoms with Crippen molar-refractivity contribution < 1.29 is 4.74 Å². The summed E-state index contributed by atoms with van der Waals surface area (Å²) in [6.07, 6.45) is 7.60. The Labute approximate surface area is 93.7 Å². The zero-order chi connectivity index (χ0) is 11.3. The van der Waals surface area contributed by atoms with Crippen LogP contribution in [0.3, 0.4) is 0 Å². The van der Waals surface area contributed by atoms with Crippen LogP contribution in [-0.4, -0.2) is 18.8 Å². The van der Waals surface area contributed by atoms with E-state index in [0.29, 0.717) is 6.04 Å². The summed E-state index contributed by atoms with van der Waals surface area (Å²) in [6.45, 7) is 4.26. The van der Waals surface area contributed by atoms with E-state index in [-0.39, 0.29) is 5.60 Å². The molecule has 0 amide bonds. The monoisotopic (exact) mass is 214 g/mol. The van der Waals surface area contributed by atoms with Crippen molar-refractivity contribution in [3.05, 3.63) is 0 Å². The number of nitrogens with two attached hydrogens (primary N) is 1. The number of hydrazine groups is 1. The van der Waals surface area contributed by atoms with E-state index >= 15 is 0 Å². The molecule has 0 aromatic carbocycles. The zero-order valence-corrected chi connectivity index (χ0v) is 10.4. The fraction of sp³-hybridized carbons (Fsp3) is 1.00. The van der Waals surface area contributed by atoms with E-state index in [9.17, 15) is 0 Å². The summed E-state index contributed by atoms with van der Waals surface area (Å²) in [5.74, 6) is 6.49. The first-order valence-corrected chi connectivity index (χ1v) is 6.08. The molecular weight excluding hydrogens is 188 g/mol. The summed E-state index contributed by atoms with van der Waals surface area (Å²) in [4.78, 5) is 0. The SMILES string of the molecule is COC(C)(C)CCC(CC1CCC1)NN. The maximum Gasteiger partial charge on any atom is 0.0623 e. The first kappa shape index (κ1) is 12.9. The zero-order valence-electron chi connectivity index (χ0n) is 10.4. The summed E-state index contributed by atoms with van der Waals surface area (Å²) in [5.41, 5.74) is 2.92. The quantitative estimate of drug-likeness (QED) is 0.504. The Kier molecular flexibility index (Phi) is 5.03. The molecule has 0 spiro atoms. The molecule has 0 saturated heterocycles. The molecule has 0 aromatic rings. The fourth-order valence-electron chi connectivity index (χ4n) is 2.02. The van der Waals surface area contributed by atoms with Gasteiger partial charge in [-0.1, -0.05) is 19.3 Å². The van der Waals surface area contributed by atoms with Crippen molar-refractivity contribution in [1.29, 1.82) is 0 Å². The summed E-state index contributed by atoms with van der Waals surface area (Å²) >= 11 is 0. The molecule has 0 heterocycles. The fourth-order valence-corrected chi connectivity index (χ4v) is 2.02. The van der Waals surface area contributed by atoms with E-state index in [1.165, 1.54) is 25.7 Å². The van der Waals surface area contributed by atoms with Crippen molar-refractivity contribution in [2.45, 2.75) is 64.0 Å². The van der Waals surface area contributed by atoms with Gasteiger partial charge in [0.25, 0.3) is 0 Å². The van der Waals surface area contributed by atoms with E-state index in [2.05, 4.69) is 19.3 Å². The molecule has 1 fully saturated rings. The highest BCUT2D eigenvalue weighted by Crippen LogP contribution is 2.31. The van der Waals surface area contributed by atoms with Crippen LogP contribution in [0.2, 0.25) is 0 Å². The van der Waals surface area contributed by atoms with Crippen LogP contribution in [0.25, 0.3) is 0 Å². The van der Waals surface area contributed by atoms with Crippen molar-refractivity contribution in [1.82, 2.24) is 5.43 Å². The van der Waals surface area contributed by atoms with Crippen molar-refractivity contribution in [3.63, 3.8) is 0 Å². The molecule has 1 atom stereocenters. The van der Waals surface area contributed by atoms with Crippen molar-refractivity contribution >= 4 is 0 Å². The number of ether oxygens (including phenoxy) is 1. The average Bonchev–Trinajstić information content (AvgIpc) is 2.15. The third kappa shape index (κ3) is 4.49. The van der Waals surface area contributed by atoms with Gasteiger partial charge in [0.15, 0.2) is 0 Å². The van der Waals surface area contributed by atoms with E-state index in [1.807, 2.05) is 0 Å². The predicted molar refractivity (Wildman–Crippen MR) is 63.4 cm³/mol. The van der Waals surface area contributed by atoms with E-state index in [0.717, 1.165) is 18.8 Å². The largest absolute Gasteiger partial charge is 0.379 e. The first-order chi connectivity index (χ1) is 7.07. The molecule has 1 aliphatic carbocycles. The lowest BCUT2D eigenvalue weighted by molar-refractivity contribution is 0.0108. The third-order valence-electron chi connectivity index (χ3n) is 3.73.